The minimum atomic E-state index is -0.977. The first-order valence-corrected chi connectivity index (χ1v) is 6.32. The fourth-order valence-electron chi connectivity index (χ4n) is 1.95. The summed E-state index contributed by atoms with van der Waals surface area (Å²) in [6, 6.07) is -0.245. The highest BCUT2D eigenvalue weighted by Crippen LogP contribution is 2.17. The Bertz CT molecular complexity index is 385. The van der Waals surface area contributed by atoms with E-state index in [-0.39, 0.29) is 12.6 Å². The van der Waals surface area contributed by atoms with Crippen molar-refractivity contribution in [1.29, 1.82) is 0 Å². The third-order valence-electron chi connectivity index (χ3n) is 2.74. The number of carbonyl (C=O) groups excluding carboxylic acids is 1. The zero-order valence-corrected chi connectivity index (χ0v) is 11.9. The molecule has 0 aromatic heterocycles. The van der Waals surface area contributed by atoms with E-state index in [0.29, 0.717) is 13.0 Å². The van der Waals surface area contributed by atoms with Gasteiger partial charge in [-0.25, -0.2) is 9.59 Å². The molecule has 0 aromatic rings. The molecular formula is C13H22N2O4. The first kappa shape index (κ1) is 15.3. The molecule has 2 N–H and O–H groups in total. The minimum absolute atomic E-state index is 0.245. The van der Waals surface area contributed by atoms with Crippen LogP contribution < -0.4 is 5.32 Å². The number of rotatable bonds is 1. The SMILES string of the molecule is CC=C1CC(NC(=O)OC(C)(C)C)CN(C(=O)O)C1. The summed E-state index contributed by atoms with van der Waals surface area (Å²) < 4.78 is 5.17. The van der Waals surface area contributed by atoms with Gasteiger partial charge in [0.15, 0.2) is 0 Å². The predicted octanol–water partition coefficient (Wildman–Crippen LogP) is 2.21. The highest BCUT2D eigenvalue weighted by atomic mass is 16.6. The van der Waals surface area contributed by atoms with Crippen LogP contribution in [0.2, 0.25) is 0 Å². The van der Waals surface area contributed by atoms with Gasteiger partial charge < -0.3 is 20.1 Å². The lowest BCUT2D eigenvalue weighted by Gasteiger charge is -2.33. The molecule has 0 aliphatic carbocycles. The zero-order valence-electron chi connectivity index (χ0n) is 11.9. The van der Waals surface area contributed by atoms with Crippen LogP contribution in [0.15, 0.2) is 11.6 Å². The van der Waals surface area contributed by atoms with E-state index in [9.17, 15) is 9.59 Å². The molecule has 0 bridgehead atoms. The van der Waals surface area contributed by atoms with E-state index in [1.54, 1.807) is 20.8 Å². The molecule has 1 saturated heterocycles. The van der Waals surface area contributed by atoms with E-state index in [0.717, 1.165) is 5.57 Å². The summed E-state index contributed by atoms with van der Waals surface area (Å²) in [6.07, 6.45) is 1.05. The van der Waals surface area contributed by atoms with Crippen LogP contribution in [-0.2, 0) is 4.74 Å². The van der Waals surface area contributed by atoms with E-state index >= 15 is 0 Å². The smallest absolute Gasteiger partial charge is 0.407 e. The number of carbonyl (C=O) groups is 2. The van der Waals surface area contributed by atoms with Crippen LogP contribution in [0, 0.1) is 0 Å². The van der Waals surface area contributed by atoms with Gasteiger partial charge in [-0.1, -0.05) is 11.6 Å². The van der Waals surface area contributed by atoms with Crippen molar-refractivity contribution in [2.45, 2.75) is 45.8 Å². The van der Waals surface area contributed by atoms with Crippen LogP contribution in [-0.4, -0.2) is 46.9 Å². The Morgan fingerprint density at radius 2 is 2.11 bits per heavy atom. The van der Waals surface area contributed by atoms with Crippen LogP contribution >= 0.6 is 0 Å². The molecule has 2 amide bonds. The van der Waals surface area contributed by atoms with Crippen LogP contribution in [0.25, 0.3) is 0 Å². The number of piperidine rings is 1. The molecule has 0 spiro atoms. The largest absolute Gasteiger partial charge is 0.465 e. The molecule has 1 atom stereocenters. The van der Waals surface area contributed by atoms with Gasteiger partial charge in [-0.2, -0.15) is 0 Å². The Kier molecular flexibility index (Phi) is 4.80. The summed E-state index contributed by atoms with van der Waals surface area (Å²) in [5, 5.41) is 11.8. The Morgan fingerprint density at radius 3 is 2.58 bits per heavy atom. The van der Waals surface area contributed by atoms with Gasteiger partial charge in [0.1, 0.15) is 5.60 Å². The number of hydrogen-bond acceptors (Lipinski definition) is 3. The number of carboxylic acid groups (broad SMARTS) is 1. The van der Waals surface area contributed by atoms with Crippen LogP contribution in [0.3, 0.4) is 0 Å². The lowest BCUT2D eigenvalue weighted by Crippen LogP contribution is -2.51. The molecule has 1 fully saturated rings. The summed E-state index contributed by atoms with van der Waals surface area (Å²) >= 11 is 0. The van der Waals surface area contributed by atoms with Crippen molar-refractivity contribution in [1.82, 2.24) is 10.2 Å². The second-order valence-electron chi connectivity index (χ2n) is 5.66. The number of nitrogens with zero attached hydrogens (tertiary/aromatic N) is 1. The lowest BCUT2D eigenvalue weighted by atomic mass is 10.0. The number of hydrogen-bond donors (Lipinski definition) is 2. The highest BCUT2D eigenvalue weighted by molar-refractivity contribution is 5.69. The van der Waals surface area contributed by atoms with Crippen molar-refractivity contribution >= 4 is 12.2 Å². The topological polar surface area (TPSA) is 78.9 Å². The average molecular weight is 270 g/mol. The molecule has 0 aromatic carbocycles. The minimum Gasteiger partial charge on any atom is -0.465 e. The number of alkyl carbamates (subject to hydrolysis) is 1. The van der Waals surface area contributed by atoms with Gasteiger partial charge in [0.25, 0.3) is 0 Å². The number of amides is 2. The maximum absolute atomic E-state index is 11.7. The van der Waals surface area contributed by atoms with Gasteiger partial charge in [0.05, 0.1) is 6.04 Å². The molecule has 1 aliphatic rings. The Balaban J connectivity index is 2.62. The molecule has 1 rings (SSSR count). The third-order valence-corrected chi connectivity index (χ3v) is 2.74. The number of nitrogens with one attached hydrogen (secondary N) is 1. The standard InChI is InChI=1S/C13H22N2O4/c1-5-9-6-10(8-15(7-9)12(17)18)14-11(16)19-13(2,3)4/h5,10H,6-8H2,1-4H3,(H,14,16)(H,17,18). The van der Waals surface area contributed by atoms with Gasteiger partial charge in [0, 0.05) is 13.1 Å². The van der Waals surface area contributed by atoms with E-state index in [2.05, 4.69) is 5.32 Å². The van der Waals surface area contributed by atoms with Crippen molar-refractivity contribution in [3.63, 3.8) is 0 Å². The number of likely N-dealkylation sites (tertiary alicyclic amines) is 1. The summed E-state index contributed by atoms with van der Waals surface area (Å²) in [5.74, 6) is 0. The first-order valence-electron chi connectivity index (χ1n) is 6.32. The van der Waals surface area contributed by atoms with Gasteiger partial charge in [-0.05, 0) is 34.1 Å². The summed E-state index contributed by atoms with van der Waals surface area (Å²) in [6.45, 7) is 7.91. The van der Waals surface area contributed by atoms with E-state index < -0.39 is 17.8 Å². The van der Waals surface area contributed by atoms with Crippen molar-refractivity contribution in [2.24, 2.45) is 0 Å². The molecular weight excluding hydrogens is 248 g/mol. The van der Waals surface area contributed by atoms with Crippen molar-refractivity contribution in [3.05, 3.63) is 11.6 Å². The van der Waals surface area contributed by atoms with Crippen molar-refractivity contribution < 1.29 is 19.4 Å². The molecule has 1 aliphatic heterocycles. The second-order valence-corrected chi connectivity index (χ2v) is 5.66. The molecule has 19 heavy (non-hydrogen) atoms. The number of allylic oxidation sites excluding steroid dienone is 1. The Hall–Kier alpha value is -1.72. The quantitative estimate of drug-likeness (QED) is 0.716. The second kappa shape index (κ2) is 5.95. The monoisotopic (exact) mass is 270 g/mol. The molecule has 1 heterocycles. The van der Waals surface area contributed by atoms with Gasteiger partial charge in [-0.15, -0.1) is 0 Å². The van der Waals surface area contributed by atoms with Crippen LogP contribution in [0.4, 0.5) is 9.59 Å². The maximum atomic E-state index is 11.7. The van der Waals surface area contributed by atoms with Gasteiger partial charge in [-0.3, -0.25) is 0 Å². The van der Waals surface area contributed by atoms with Crippen LogP contribution in [0.5, 0.6) is 0 Å². The molecule has 1 unspecified atom stereocenters. The van der Waals surface area contributed by atoms with Crippen LogP contribution in [0.1, 0.15) is 34.1 Å². The van der Waals surface area contributed by atoms with E-state index in [1.165, 1.54) is 4.90 Å². The fourth-order valence-corrected chi connectivity index (χ4v) is 1.95. The molecule has 0 saturated carbocycles. The highest BCUT2D eigenvalue weighted by Gasteiger charge is 2.28. The predicted molar refractivity (Wildman–Crippen MR) is 71.1 cm³/mol. The summed E-state index contributed by atoms with van der Waals surface area (Å²) in [4.78, 5) is 24.0. The van der Waals surface area contributed by atoms with Gasteiger partial charge in [0.2, 0.25) is 0 Å². The fraction of sp³-hybridized carbons (Fsp3) is 0.692. The Labute approximate surface area is 113 Å². The zero-order chi connectivity index (χ0) is 14.6. The molecule has 6 heteroatoms. The van der Waals surface area contributed by atoms with E-state index in [1.807, 2.05) is 13.0 Å². The van der Waals surface area contributed by atoms with Crippen molar-refractivity contribution in [3.8, 4) is 0 Å². The molecule has 108 valence electrons. The third kappa shape index (κ3) is 5.19. The molecule has 0 radical (unpaired) electrons. The first-order chi connectivity index (χ1) is 8.71. The Morgan fingerprint density at radius 1 is 1.47 bits per heavy atom. The summed E-state index contributed by atoms with van der Waals surface area (Å²) in [5.41, 5.74) is 0.434. The average Bonchev–Trinajstić information content (AvgIpc) is 2.25. The maximum Gasteiger partial charge on any atom is 0.407 e. The summed E-state index contributed by atoms with van der Waals surface area (Å²) in [7, 11) is 0. The normalized spacial score (nSPS) is 22.2. The molecule has 6 nitrogen and oxygen atoms in total. The number of ether oxygens (including phenoxy) is 1. The van der Waals surface area contributed by atoms with Gasteiger partial charge >= 0.3 is 12.2 Å². The van der Waals surface area contributed by atoms with E-state index in [4.69, 9.17) is 9.84 Å². The van der Waals surface area contributed by atoms with Crippen molar-refractivity contribution in [2.75, 3.05) is 13.1 Å². The lowest BCUT2D eigenvalue weighted by molar-refractivity contribution is 0.0481.